The van der Waals surface area contributed by atoms with E-state index in [9.17, 15) is 0 Å². The Hall–Kier alpha value is -8.54. The quantitative estimate of drug-likeness (QED) is 0.141. The Morgan fingerprint density at radius 2 is 0.787 bits per heavy atom. The highest BCUT2D eigenvalue weighted by Gasteiger charge is 2.59. The minimum atomic E-state index is -0.246. The van der Waals surface area contributed by atoms with Gasteiger partial charge in [-0.1, -0.05) is 209 Å². The Kier molecular flexibility index (Phi) is 12.5. The van der Waals surface area contributed by atoms with Crippen molar-refractivity contribution < 1.29 is 0 Å². The first-order chi connectivity index (χ1) is 42.8. The zero-order valence-electron chi connectivity index (χ0n) is 53.9. The molecule has 89 heavy (non-hydrogen) atoms. The van der Waals surface area contributed by atoms with Crippen LogP contribution < -0.4 is 36.0 Å². The van der Waals surface area contributed by atoms with Gasteiger partial charge in [-0.3, -0.25) is 0 Å². The first-order valence-electron chi connectivity index (χ1n) is 33.2. The van der Waals surface area contributed by atoms with Gasteiger partial charge in [-0.15, -0.1) is 0 Å². The van der Waals surface area contributed by atoms with E-state index in [1.807, 2.05) is 0 Å². The molecule has 6 aliphatic rings. The van der Waals surface area contributed by atoms with Crippen LogP contribution in [0.5, 0.6) is 0 Å². The summed E-state index contributed by atoms with van der Waals surface area (Å²) in [7, 11) is 0. The lowest BCUT2D eigenvalue weighted by molar-refractivity contribution is 0.195. The summed E-state index contributed by atoms with van der Waals surface area (Å²) < 4.78 is 0. The second-order valence-corrected chi connectivity index (χ2v) is 30.1. The molecule has 0 radical (unpaired) electrons. The molecule has 3 heterocycles. The lowest BCUT2D eigenvalue weighted by atomic mass is 9.33. The van der Waals surface area contributed by atoms with E-state index in [1.165, 1.54) is 131 Å². The van der Waals surface area contributed by atoms with Crippen molar-refractivity contribution in [3.05, 3.63) is 252 Å². The van der Waals surface area contributed by atoms with Gasteiger partial charge in [-0.25, -0.2) is 0 Å². The Morgan fingerprint density at radius 1 is 0.315 bits per heavy atom. The minimum absolute atomic E-state index is 0.000649. The van der Waals surface area contributed by atoms with Crippen LogP contribution in [0.4, 0.5) is 62.6 Å². The molecule has 5 heteroatoms. The molecule has 3 aliphatic carbocycles. The first-order valence-corrected chi connectivity index (χ1v) is 33.2. The maximum absolute atomic E-state index is 2.85. The van der Waals surface area contributed by atoms with E-state index >= 15 is 0 Å². The van der Waals surface area contributed by atoms with Crippen LogP contribution in [0.15, 0.2) is 224 Å². The summed E-state index contributed by atoms with van der Waals surface area (Å²) in [6.45, 7) is 25.1. The van der Waals surface area contributed by atoms with Gasteiger partial charge in [-0.05, 0) is 225 Å². The van der Waals surface area contributed by atoms with Crippen molar-refractivity contribution in [2.75, 3.05) is 19.6 Å². The number of hydrogen-bond acceptors (Lipinski definition) is 4. The van der Waals surface area contributed by atoms with Gasteiger partial charge in [0.1, 0.15) is 0 Å². The van der Waals surface area contributed by atoms with Gasteiger partial charge < -0.3 is 19.6 Å². The molecule has 0 saturated heterocycles. The van der Waals surface area contributed by atoms with E-state index in [0.29, 0.717) is 0 Å². The zero-order valence-corrected chi connectivity index (χ0v) is 53.9. The molecule has 0 spiro atoms. The van der Waals surface area contributed by atoms with Gasteiger partial charge in [-0.2, -0.15) is 0 Å². The van der Waals surface area contributed by atoms with Crippen LogP contribution in [0, 0.1) is 0 Å². The molecule has 442 valence electrons. The van der Waals surface area contributed by atoms with Crippen molar-refractivity contribution in [3.63, 3.8) is 0 Å². The fourth-order valence-electron chi connectivity index (χ4n) is 17.6. The highest BCUT2D eigenvalue weighted by Crippen LogP contribution is 2.63. The Labute approximate surface area is 530 Å². The van der Waals surface area contributed by atoms with E-state index in [2.05, 4.69) is 313 Å². The maximum Gasteiger partial charge on any atom is 0.252 e. The van der Waals surface area contributed by atoms with Gasteiger partial charge in [0, 0.05) is 68.0 Å². The molecule has 4 nitrogen and oxygen atoms in total. The summed E-state index contributed by atoms with van der Waals surface area (Å²) >= 11 is 0. The summed E-state index contributed by atoms with van der Waals surface area (Å²) in [5.41, 5.74) is 29.6. The van der Waals surface area contributed by atoms with Crippen LogP contribution in [0.3, 0.4) is 0 Å². The third-order valence-corrected chi connectivity index (χ3v) is 23.1. The first kappa shape index (κ1) is 55.8. The average molecular weight is 1160 g/mol. The van der Waals surface area contributed by atoms with Crippen molar-refractivity contribution in [2.24, 2.45) is 0 Å². The second-order valence-electron chi connectivity index (χ2n) is 30.1. The van der Waals surface area contributed by atoms with Gasteiger partial charge in [0.15, 0.2) is 0 Å². The summed E-state index contributed by atoms with van der Waals surface area (Å²) in [4.78, 5) is 10.7. The molecule has 1 saturated carbocycles. The molecule has 10 aromatic carbocycles. The minimum Gasteiger partial charge on any atom is -0.334 e. The highest BCUT2D eigenvalue weighted by atomic mass is 15.3. The lowest BCUT2D eigenvalue weighted by Crippen LogP contribution is -2.62. The predicted octanol–water partition coefficient (Wildman–Crippen LogP) is 21.0. The normalized spacial score (nSPS) is 20.9. The topological polar surface area (TPSA) is 13.0 Å². The number of anilines is 11. The van der Waals surface area contributed by atoms with Gasteiger partial charge >= 0.3 is 0 Å². The Morgan fingerprint density at radius 3 is 1.39 bits per heavy atom. The van der Waals surface area contributed by atoms with Gasteiger partial charge in [0.2, 0.25) is 0 Å². The second kappa shape index (κ2) is 20.0. The van der Waals surface area contributed by atoms with Crippen molar-refractivity contribution >= 4 is 85.7 Å². The van der Waals surface area contributed by atoms with E-state index in [0.717, 1.165) is 49.2 Å². The van der Waals surface area contributed by atoms with Crippen LogP contribution in [0.2, 0.25) is 0 Å². The van der Waals surface area contributed by atoms with Gasteiger partial charge in [0.05, 0.1) is 5.54 Å². The van der Waals surface area contributed by atoms with E-state index in [1.54, 1.807) is 0 Å². The molecule has 10 aromatic rings. The SMILES string of the molecule is CC1(C)CCC(C)(C)c2cc(N3c4cc5c(cc4B4c6cc(-c7ccccc7)ccc6N(c6ccc(-c7ccccc7)cc6)c6cc(N7c8ccc(N(c9ccccc9)c9ccccc9)cc8C8(C)CCCCC78C)cc3c64)C(C)(C)CCC5(C)C)ccc21. The van der Waals surface area contributed by atoms with E-state index in [4.69, 9.17) is 0 Å². The maximum atomic E-state index is 2.85. The van der Waals surface area contributed by atoms with Crippen LogP contribution in [0.1, 0.15) is 148 Å². The molecule has 0 amide bonds. The van der Waals surface area contributed by atoms with Crippen molar-refractivity contribution in [1.29, 1.82) is 0 Å². The molecule has 0 bridgehead atoms. The molecule has 2 atom stereocenters. The average Bonchev–Trinajstić information content (AvgIpc) is 1.65. The Balaban J connectivity index is 1.01. The molecule has 0 N–H and O–H groups in total. The predicted molar refractivity (Wildman–Crippen MR) is 379 cm³/mol. The van der Waals surface area contributed by atoms with Crippen LogP contribution in [0.25, 0.3) is 22.3 Å². The third kappa shape index (κ3) is 8.53. The summed E-state index contributed by atoms with van der Waals surface area (Å²) in [5, 5.41) is 0. The smallest absolute Gasteiger partial charge is 0.252 e. The van der Waals surface area contributed by atoms with E-state index in [-0.39, 0.29) is 39.3 Å². The standard InChI is InChI=1S/C84H83BN4/c1-79(2)45-46-80(3,4)67-50-64(38-40-66(67)79)88-75-55-69-68(81(5,6)47-48-82(69,7)8)54-72(75)85-71-49-59(57-27-17-12-18-28-57)35-41-74(71)87(62-36-33-58(34-37-62)56-25-15-11-16-26-56)76-52-65(53-77(88)78(76)85)89-73-42-39-63(51-70(73)83(9)43-23-24-44-84(83,89)10)86(60-29-19-13-20-30-60)61-31-21-14-22-32-61/h11-22,25-42,49-55H,23-24,43-48H2,1-10H3. The number of hydrogen-bond donors (Lipinski definition) is 0. The van der Waals surface area contributed by atoms with Crippen molar-refractivity contribution in [1.82, 2.24) is 0 Å². The monoisotopic (exact) mass is 1160 g/mol. The number of fused-ring (bicyclic) bond motifs is 9. The number of nitrogens with zero attached hydrogens (tertiary/aromatic N) is 4. The number of rotatable bonds is 8. The largest absolute Gasteiger partial charge is 0.334 e. The molecule has 3 aliphatic heterocycles. The van der Waals surface area contributed by atoms with Crippen molar-refractivity contribution in [2.45, 2.75) is 153 Å². The third-order valence-electron chi connectivity index (χ3n) is 23.1. The highest BCUT2D eigenvalue weighted by molar-refractivity contribution is 7.00. The summed E-state index contributed by atoms with van der Waals surface area (Å²) in [6, 6.07) is 86.6. The summed E-state index contributed by atoms with van der Waals surface area (Å²) in [5.74, 6) is 0. The fraction of sp³-hybridized carbons (Fsp3) is 0.286. The van der Waals surface area contributed by atoms with Crippen LogP contribution in [-0.4, -0.2) is 12.3 Å². The van der Waals surface area contributed by atoms with Crippen molar-refractivity contribution in [3.8, 4) is 22.3 Å². The number of para-hydroxylation sites is 2. The van der Waals surface area contributed by atoms with Crippen LogP contribution in [-0.2, 0) is 27.1 Å². The molecular formula is C84H83BN4. The lowest BCUT2D eigenvalue weighted by Gasteiger charge is -2.51. The molecule has 16 rings (SSSR count). The molecule has 2 unspecified atom stereocenters. The molecule has 0 aromatic heterocycles. The molecular weight excluding hydrogens is 1080 g/mol. The van der Waals surface area contributed by atoms with Gasteiger partial charge in [0.25, 0.3) is 6.71 Å². The van der Waals surface area contributed by atoms with Crippen LogP contribution >= 0.6 is 0 Å². The fourth-order valence-corrected chi connectivity index (χ4v) is 17.6. The zero-order chi connectivity index (χ0) is 61.0. The Bertz CT molecular complexity index is 4390. The number of benzene rings is 10. The van der Waals surface area contributed by atoms with E-state index < -0.39 is 0 Å². The summed E-state index contributed by atoms with van der Waals surface area (Å²) in [6.07, 6.45) is 9.19. The molecule has 1 fully saturated rings.